The fourth-order valence-electron chi connectivity index (χ4n) is 3.38. The third-order valence-electron chi connectivity index (χ3n) is 5.13. The predicted octanol–water partition coefficient (Wildman–Crippen LogP) is 3.22. The highest BCUT2D eigenvalue weighted by Crippen LogP contribution is 2.31. The number of ether oxygens (including phenoxy) is 1. The lowest BCUT2D eigenvalue weighted by Crippen LogP contribution is -2.35. The van der Waals surface area contributed by atoms with E-state index in [0.717, 1.165) is 12.8 Å². The Hall–Kier alpha value is -2.04. The molecule has 2 unspecified atom stereocenters. The van der Waals surface area contributed by atoms with Gasteiger partial charge in [-0.15, -0.1) is 0 Å². The molecule has 5 heteroatoms. The third-order valence-corrected chi connectivity index (χ3v) is 5.13. The highest BCUT2D eigenvalue weighted by Gasteiger charge is 2.40. The Morgan fingerprint density at radius 2 is 1.96 bits per heavy atom. The van der Waals surface area contributed by atoms with Crippen molar-refractivity contribution in [3.63, 3.8) is 0 Å². The van der Waals surface area contributed by atoms with Crippen molar-refractivity contribution in [3.8, 4) is 0 Å². The number of amides is 2. The third kappa shape index (κ3) is 4.53. The van der Waals surface area contributed by atoms with Crippen molar-refractivity contribution in [3.05, 3.63) is 35.4 Å². The molecular formula is C20H28N2O3. The zero-order valence-electron chi connectivity index (χ0n) is 15.3. The number of carbonyl (C=O) groups is 2. The average molecular weight is 344 g/mol. The summed E-state index contributed by atoms with van der Waals surface area (Å²) >= 11 is 0. The van der Waals surface area contributed by atoms with Crippen LogP contribution < -0.4 is 5.32 Å². The van der Waals surface area contributed by atoms with E-state index in [1.165, 1.54) is 11.1 Å². The molecule has 1 aromatic rings. The van der Waals surface area contributed by atoms with E-state index in [9.17, 15) is 9.59 Å². The molecule has 2 amide bonds. The van der Waals surface area contributed by atoms with Crippen molar-refractivity contribution in [2.45, 2.75) is 58.1 Å². The largest absolute Gasteiger partial charge is 0.442 e. The van der Waals surface area contributed by atoms with Crippen LogP contribution in [0.1, 0.15) is 50.2 Å². The van der Waals surface area contributed by atoms with E-state index >= 15 is 0 Å². The van der Waals surface area contributed by atoms with Crippen LogP contribution in [0, 0.1) is 12.8 Å². The Bertz CT molecular complexity index is 622. The summed E-state index contributed by atoms with van der Waals surface area (Å²) < 4.78 is 5.35. The van der Waals surface area contributed by atoms with Gasteiger partial charge < -0.3 is 15.0 Å². The van der Waals surface area contributed by atoms with Crippen LogP contribution in [0.4, 0.5) is 4.79 Å². The van der Waals surface area contributed by atoms with Gasteiger partial charge in [0.05, 0.1) is 13.1 Å². The second kappa shape index (κ2) is 7.46. The van der Waals surface area contributed by atoms with E-state index in [1.807, 2.05) is 0 Å². The minimum absolute atomic E-state index is 0.0141. The minimum Gasteiger partial charge on any atom is -0.442 e. The Kier molecular flexibility index (Phi) is 5.30. The van der Waals surface area contributed by atoms with E-state index in [1.54, 1.807) is 4.90 Å². The average Bonchev–Trinajstić information content (AvgIpc) is 3.34. The second-order valence-electron chi connectivity index (χ2n) is 7.66. The van der Waals surface area contributed by atoms with Crippen molar-refractivity contribution in [2.24, 2.45) is 5.92 Å². The number of nitrogens with one attached hydrogen (secondary N) is 1. The molecule has 1 aromatic carbocycles. The van der Waals surface area contributed by atoms with E-state index in [2.05, 4.69) is 50.4 Å². The van der Waals surface area contributed by atoms with Crippen molar-refractivity contribution in [1.29, 1.82) is 0 Å². The molecule has 1 heterocycles. The van der Waals surface area contributed by atoms with Gasteiger partial charge >= 0.3 is 6.09 Å². The Balaban J connectivity index is 1.50. The normalized spacial score (nSPS) is 21.4. The summed E-state index contributed by atoms with van der Waals surface area (Å²) in [6.07, 6.45) is 2.13. The molecule has 136 valence electrons. The van der Waals surface area contributed by atoms with Gasteiger partial charge in [0.15, 0.2) is 0 Å². The number of benzene rings is 1. The topological polar surface area (TPSA) is 58.6 Å². The van der Waals surface area contributed by atoms with Crippen LogP contribution in [0.25, 0.3) is 0 Å². The van der Waals surface area contributed by atoms with Gasteiger partial charge in [-0.2, -0.15) is 0 Å². The molecule has 2 atom stereocenters. The highest BCUT2D eigenvalue weighted by atomic mass is 16.6. The van der Waals surface area contributed by atoms with Crippen molar-refractivity contribution in [2.75, 3.05) is 13.1 Å². The lowest BCUT2D eigenvalue weighted by atomic mass is 9.85. The van der Waals surface area contributed by atoms with Crippen LogP contribution in [-0.2, 0) is 9.53 Å². The fraction of sp³-hybridized carbons (Fsp3) is 0.600. The van der Waals surface area contributed by atoms with Crippen molar-refractivity contribution in [1.82, 2.24) is 10.2 Å². The standard InChI is InChI=1S/C20H28N2O3/c1-13(2)18(15-6-4-14(3)5-7-15)10-19(23)21-11-17-12-22(16-8-9-16)20(24)25-17/h4-7,13,16-18H,8-12H2,1-3H3,(H,21,23). The lowest BCUT2D eigenvalue weighted by Gasteiger charge is -2.21. The molecule has 1 aliphatic heterocycles. The molecule has 2 fully saturated rings. The molecular weight excluding hydrogens is 316 g/mol. The van der Waals surface area contributed by atoms with Gasteiger partial charge in [-0.3, -0.25) is 4.79 Å². The van der Waals surface area contributed by atoms with E-state index in [-0.39, 0.29) is 24.0 Å². The molecule has 0 bridgehead atoms. The van der Waals surface area contributed by atoms with E-state index < -0.39 is 0 Å². The summed E-state index contributed by atoms with van der Waals surface area (Å²) in [5, 5.41) is 2.95. The quantitative estimate of drug-likeness (QED) is 0.826. The molecule has 3 rings (SSSR count). The molecule has 0 aromatic heterocycles. The number of carbonyl (C=O) groups excluding carboxylic acids is 2. The fourth-order valence-corrected chi connectivity index (χ4v) is 3.38. The molecule has 0 spiro atoms. The van der Waals surface area contributed by atoms with E-state index in [4.69, 9.17) is 4.74 Å². The minimum atomic E-state index is -0.235. The zero-order valence-corrected chi connectivity index (χ0v) is 15.3. The van der Waals surface area contributed by atoms with Gasteiger partial charge in [-0.25, -0.2) is 4.79 Å². The summed E-state index contributed by atoms with van der Waals surface area (Å²) in [7, 11) is 0. The first-order valence-corrected chi connectivity index (χ1v) is 9.24. The molecule has 1 saturated carbocycles. The predicted molar refractivity (Wildman–Crippen MR) is 96.4 cm³/mol. The Morgan fingerprint density at radius 1 is 1.28 bits per heavy atom. The first-order chi connectivity index (χ1) is 11.9. The SMILES string of the molecule is Cc1ccc(C(CC(=O)NCC2CN(C3CC3)C(=O)O2)C(C)C)cc1. The number of cyclic esters (lactones) is 1. The summed E-state index contributed by atoms with van der Waals surface area (Å²) in [5.41, 5.74) is 2.42. The summed E-state index contributed by atoms with van der Waals surface area (Å²) in [5.74, 6) is 0.581. The zero-order chi connectivity index (χ0) is 18.0. The molecule has 1 aliphatic carbocycles. The number of rotatable bonds is 7. The number of hydrogen-bond acceptors (Lipinski definition) is 3. The maximum absolute atomic E-state index is 12.4. The summed E-state index contributed by atoms with van der Waals surface area (Å²) in [6, 6.07) is 8.76. The van der Waals surface area contributed by atoms with Crippen LogP contribution in [0.5, 0.6) is 0 Å². The maximum atomic E-state index is 12.4. The van der Waals surface area contributed by atoms with Crippen molar-refractivity contribution < 1.29 is 14.3 Å². The van der Waals surface area contributed by atoms with Crippen LogP contribution in [-0.4, -0.2) is 42.1 Å². The van der Waals surface area contributed by atoms with Gasteiger partial charge in [-0.1, -0.05) is 43.7 Å². The monoisotopic (exact) mass is 344 g/mol. The molecule has 5 nitrogen and oxygen atoms in total. The van der Waals surface area contributed by atoms with Gasteiger partial charge in [0.1, 0.15) is 6.10 Å². The Labute approximate surface area is 149 Å². The molecule has 1 N–H and O–H groups in total. The first kappa shape index (κ1) is 17.8. The van der Waals surface area contributed by atoms with Crippen molar-refractivity contribution >= 4 is 12.0 Å². The van der Waals surface area contributed by atoms with Gasteiger partial charge in [0.2, 0.25) is 5.91 Å². The van der Waals surface area contributed by atoms with Crippen LogP contribution >= 0.6 is 0 Å². The van der Waals surface area contributed by atoms with E-state index in [0.29, 0.717) is 31.5 Å². The maximum Gasteiger partial charge on any atom is 0.410 e. The number of nitrogens with zero attached hydrogens (tertiary/aromatic N) is 1. The van der Waals surface area contributed by atoms with Gasteiger partial charge in [0, 0.05) is 12.5 Å². The van der Waals surface area contributed by atoms with Gasteiger partial charge in [-0.05, 0) is 37.2 Å². The second-order valence-corrected chi connectivity index (χ2v) is 7.66. The van der Waals surface area contributed by atoms with Crippen LogP contribution in [0.3, 0.4) is 0 Å². The number of hydrogen-bond donors (Lipinski definition) is 1. The Morgan fingerprint density at radius 3 is 2.56 bits per heavy atom. The molecule has 1 saturated heterocycles. The highest BCUT2D eigenvalue weighted by molar-refractivity contribution is 5.77. The van der Waals surface area contributed by atoms with Crippen LogP contribution in [0.2, 0.25) is 0 Å². The first-order valence-electron chi connectivity index (χ1n) is 9.24. The molecule has 25 heavy (non-hydrogen) atoms. The number of aryl methyl sites for hydroxylation is 1. The summed E-state index contributed by atoms with van der Waals surface area (Å²) in [6.45, 7) is 7.34. The molecule has 0 radical (unpaired) electrons. The van der Waals surface area contributed by atoms with Crippen LogP contribution in [0.15, 0.2) is 24.3 Å². The smallest absolute Gasteiger partial charge is 0.410 e. The molecule has 2 aliphatic rings. The van der Waals surface area contributed by atoms with Gasteiger partial charge in [0.25, 0.3) is 0 Å². The lowest BCUT2D eigenvalue weighted by molar-refractivity contribution is -0.122. The summed E-state index contributed by atoms with van der Waals surface area (Å²) in [4.78, 5) is 26.0.